The van der Waals surface area contributed by atoms with E-state index in [1.807, 2.05) is 78.2 Å². The molecule has 4 aromatic rings. The molecule has 0 fully saturated rings. The Morgan fingerprint density at radius 1 is 0.931 bits per heavy atom. The van der Waals surface area contributed by atoms with Gasteiger partial charge in [0.05, 0.1) is 12.1 Å². The Balaban J connectivity index is 1.31. The van der Waals surface area contributed by atoms with Crippen molar-refractivity contribution in [3.63, 3.8) is 0 Å². The normalized spacial score (nSPS) is 10.6. The first-order valence-corrected chi connectivity index (χ1v) is 10.00. The molecule has 0 aliphatic carbocycles. The molecule has 0 radical (unpaired) electrons. The molecule has 0 bridgehead atoms. The number of nitrogens with zero attached hydrogens (tertiary/aromatic N) is 1. The fourth-order valence-corrected chi connectivity index (χ4v) is 3.79. The van der Waals surface area contributed by atoms with Crippen LogP contribution in [0.5, 0.6) is 0 Å². The van der Waals surface area contributed by atoms with Crippen LogP contribution in [-0.2, 0) is 20.7 Å². The van der Waals surface area contributed by atoms with Crippen molar-refractivity contribution in [1.29, 1.82) is 0 Å². The zero-order valence-corrected chi connectivity index (χ0v) is 16.3. The van der Waals surface area contributed by atoms with Crippen molar-refractivity contribution in [3.05, 3.63) is 83.9 Å². The lowest BCUT2D eigenvalue weighted by Gasteiger charge is -2.09. The zero-order chi connectivity index (χ0) is 20.1. The molecule has 1 heterocycles. The third kappa shape index (κ3) is 4.67. The second-order valence-electron chi connectivity index (χ2n) is 6.42. The minimum absolute atomic E-state index is 0.0326. The van der Waals surface area contributed by atoms with Crippen molar-refractivity contribution in [2.75, 3.05) is 11.9 Å². The first kappa shape index (κ1) is 18.8. The summed E-state index contributed by atoms with van der Waals surface area (Å²) in [6.07, 6.45) is 0.0326. The van der Waals surface area contributed by atoms with Crippen LogP contribution >= 0.6 is 11.3 Å². The smallest absolute Gasteiger partial charge is 0.312 e. The molecule has 1 aromatic heterocycles. The number of benzene rings is 3. The summed E-state index contributed by atoms with van der Waals surface area (Å²) in [7, 11) is 0. The number of rotatable bonds is 6. The number of hydrogen-bond acceptors (Lipinski definition) is 5. The monoisotopic (exact) mass is 402 g/mol. The van der Waals surface area contributed by atoms with Gasteiger partial charge in [0, 0.05) is 22.0 Å². The van der Waals surface area contributed by atoms with Crippen molar-refractivity contribution in [1.82, 2.24) is 4.98 Å². The predicted molar refractivity (Wildman–Crippen MR) is 115 cm³/mol. The van der Waals surface area contributed by atoms with Gasteiger partial charge in [0.1, 0.15) is 5.01 Å². The average molecular weight is 402 g/mol. The molecule has 6 heteroatoms. The van der Waals surface area contributed by atoms with Gasteiger partial charge in [-0.2, -0.15) is 0 Å². The third-order valence-electron chi connectivity index (χ3n) is 4.33. The maximum absolute atomic E-state index is 12.2. The number of carbonyl (C=O) groups is 2. The molecule has 0 spiro atoms. The number of anilines is 1. The van der Waals surface area contributed by atoms with Crippen molar-refractivity contribution >= 4 is 39.7 Å². The van der Waals surface area contributed by atoms with E-state index in [1.54, 1.807) is 0 Å². The van der Waals surface area contributed by atoms with Gasteiger partial charge in [0.25, 0.3) is 5.91 Å². The van der Waals surface area contributed by atoms with Gasteiger partial charge in [-0.05, 0) is 11.5 Å². The van der Waals surface area contributed by atoms with Gasteiger partial charge in [-0.1, -0.05) is 66.7 Å². The number of aromatic nitrogens is 1. The van der Waals surface area contributed by atoms with Gasteiger partial charge in [-0.15, -0.1) is 11.3 Å². The Bertz CT molecular complexity index is 1150. The second-order valence-corrected chi connectivity index (χ2v) is 7.28. The molecule has 1 amide bonds. The molecular weight excluding hydrogens is 384 g/mol. The van der Waals surface area contributed by atoms with Gasteiger partial charge >= 0.3 is 5.97 Å². The molecule has 4 rings (SSSR count). The molecule has 0 aliphatic heterocycles. The highest BCUT2D eigenvalue weighted by Crippen LogP contribution is 2.24. The maximum Gasteiger partial charge on any atom is 0.312 e. The molecule has 29 heavy (non-hydrogen) atoms. The highest BCUT2D eigenvalue weighted by atomic mass is 32.1. The Hall–Kier alpha value is -3.51. The van der Waals surface area contributed by atoms with Gasteiger partial charge < -0.3 is 10.1 Å². The van der Waals surface area contributed by atoms with Crippen LogP contribution in [0.25, 0.3) is 21.3 Å². The summed E-state index contributed by atoms with van der Waals surface area (Å²) >= 11 is 1.47. The van der Waals surface area contributed by atoms with Crippen LogP contribution in [0, 0.1) is 0 Å². The number of amides is 1. The van der Waals surface area contributed by atoms with Crippen LogP contribution in [0.3, 0.4) is 0 Å². The first-order chi connectivity index (χ1) is 14.2. The van der Waals surface area contributed by atoms with Crippen molar-refractivity contribution in [2.24, 2.45) is 0 Å². The standard InChI is InChI=1S/C23H18N2O3S/c26-21(25-20-12-6-10-16-7-4-5-11-19(16)20)14-28-22(27)13-18-15-29-23(24-18)17-8-2-1-3-9-17/h1-12,15H,13-14H2,(H,25,26). The first-order valence-electron chi connectivity index (χ1n) is 9.12. The van der Waals surface area contributed by atoms with E-state index >= 15 is 0 Å². The molecule has 5 nitrogen and oxygen atoms in total. The number of carbonyl (C=O) groups excluding carboxylic acids is 2. The van der Waals surface area contributed by atoms with Gasteiger partial charge in [-0.3, -0.25) is 9.59 Å². The zero-order valence-electron chi connectivity index (χ0n) is 15.5. The van der Waals surface area contributed by atoms with Crippen LogP contribution in [0.2, 0.25) is 0 Å². The predicted octanol–water partition coefficient (Wildman–Crippen LogP) is 4.69. The quantitative estimate of drug-likeness (QED) is 0.475. The topological polar surface area (TPSA) is 68.3 Å². The number of thiazole rings is 1. The van der Waals surface area contributed by atoms with E-state index in [4.69, 9.17) is 4.74 Å². The van der Waals surface area contributed by atoms with Crippen LogP contribution in [0.1, 0.15) is 5.69 Å². The summed E-state index contributed by atoms with van der Waals surface area (Å²) in [4.78, 5) is 28.8. The molecular formula is C23H18N2O3S. The Morgan fingerprint density at radius 2 is 1.69 bits per heavy atom. The van der Waals surface area contributed by atoms with Crippen LogP contribution < -0.4 is 5.32 Å². The van der Waals surface area contributed by atoms with Gasteiger partial charge in [0.15, 0.2) is 6.61 Å². The third-order valence-corrected chi connectivity index (χ3v) is 5.27. The van der Waals surface area contributed by atoms with E-state index in [0.29, 0.717) is 11.4 Å². The van der Waals surface area contributed by atoms with Crippen molar-refractivity contribution in [3.8, 4) is 10.6 Å². The molecule has 0 saturated heterocycles. The Kier molecular flexibility index (Phi) is 5.63. The summed E-state index contributed by atoms with van der Waals surface area (Å²) in [6, 6.07) is 23.2. The molecule has 0 atom stereocenters. The fraction of sp³-hybridized carbons (Fsp3) is 0.0870. The minimum atomic E-state index is -0.483. The van der Waals surface area contributed by atoms with E-state index in [2.05, 4.69) is 10.3 Å². The maximum atomic E-state index is 12.2. The summed E-state index contributed by atoms with van der Waals surface area (Å²) in [5.74, 6) is -0.860. The van der Waals surface area contributed by atoms with E-state index in [1.165, 1.54) is 11.3 Å². The second kappa shape index (κ2) is 8.67. The average Bonchev–Trinajstić information content (AvgIpc) is 3.22. The Labute approximate surface area is 172 Å². The molecule has 144 valence electrons. The minimum Gasteiger partial charge on any atom is -0.455 e. The largest absolute Gasteiger partial charge is 0.455 e. The number of ether oxygens (including phenoxy) is 1. The summed E-state index contributed by atoms with van der Waals surface area (Å²) < 4.78 is 5.12. The molecule has 0 saturated carbocycles. The lowest BCUT2D eigenvalue weighted by atomic mass is 10.1. The van der Waals surface area contributed by atoms with Crippen LogP contribution in [0.15, 0.2) is 78.2 Å². The van der Waals surface area contributed by atoms with Crippen molar-refractivity contribution in [2.45, 2.75) is 6.42 Å². The molecule has 3 aromatic carbocycles. The number of nitrogens with one attached hydrogen (secondary N) is 1. The summed E-state index contributed by atoms with van der Waals surface area (Å²) in [5.41, 5.74) is 2.33. The lowest BCUT2D eigenvalue weighted by molar-refractivity contribution is -0.146. The fourth-order valence-electron chi connectivity index (χ4n) is 2.97. The van der Waals surface area contributed by atoms with E-state index in [0.717, 1.165) is 21.3 Å². The summed E-state index contributed by atoms with van der Waals surface area (Å²) in [5, 5.41) is 7.45. The van der Waals surface area contributed by atoms with Crippen molar-refractivity contribution < 1.29 is 14.3 Å². The molecule has 1 N–H and O–H groups in total. The summed E-state index contributed by atoms with van der Waals surface area (Å²) in [6.45, 7) is -0.336. The molecule has 0 unspecified atom stereocenters. The highest BCUT2D eigenvalue weighted by Gasteiger charge is 2.13. The number of esters is 1. The van der Waals surface area contributed by atoms with Gasteiger partial charge in [-0.25, -0.2) is 4.98 Å². The van der Waals surface area contributed by atoms with E-state index in [-0.39, 0.29) is 18.9 Å². The van der Waals surface area contributed by atoms with E-state index in [9.17, 15) is 9.59 Å². The number of hydrogen-bond donors (Lipinski definition) is 1. The number of fused-ring (bicyclic) bond motifs is 1. The SMILES string of the molecule is O=C(COC(=O)Cc1csc(-c2ccccc2)n1)Nc1cccc2ccccc12. The van der Waals surface area contributed by atoms with Crippen LogP contribution in [0.4, 0.5) is 5.69 Å². The van der Waals surface area contributed by atoms with E-state index < -0.39 is 5.97 Å². The highest BCUT2D eigenvalue weighted by molar-refractivity contribution is 7.13. The Morgan fingerprint density at radius 3 is 2.55 bits per heavy atom. The van der Waals surface area contributed by atoms with Gasteiger partial charge in [0.2, 0.25) is 0 Å². The lowest BCUT2D eigenvalue weighted by Crippen LogP contribution is -2.21. The molecule has 0 aliphatic rings. The van der Waals surface area contributed by atoms with Crippen LogP contribution in [-0.4, -0.2) is 23.5 Å².